The molecule has 2 rings (SSSR count). The summed E-state index contributed by atoms with van der Waals surface area (Å²) >= 11 is 0. The molecule has 1 aromatic heterocycles. The lowest BCUT2D eigenvalue weighted by Gasteiger charge is -2.03. The SMILES string of the molecule is O=C(NC(=O)c1ncccc1[N+](=O)[O-])c1ccccc1. The first-order valence-corrected chi connectivity index (χ1v) is 5.59. The number of carbonyl (C=O) groups is 2. The summed E-state index contributed by atoms with van der Waals surface area (Å²) in [4.78, 5) is 37.3. The number of nitrogens with one attached hydrogen (secondary N) is 1. The van der Waals surface area contributed by atoms with Crippen molar-refractivity contribution in [3.63, 3.8) is 0 Å². The van der Waals surface area contributed by atoms with E-state index in [2.05, 4.69) is 10.3 Å². The Morgan fingerprint density at radius 3 is 2.40 bits per heavy atom. The second kappa shape index (κ2) is 5.70. The second-order valence-electron chi connectivity index (χ2n) is 3.78. The van der Waals surface area contributed by atoms with Gasteiger partial charge in [0.25, 0.3) is 11.8 Å². The van der Waals surface area contributed by atoms with Crippen molar-refractivity contribution < 1.29 is 14.5 Å². The maximum atomic E-state index is 11.9. The Hall–Kier alpha value is -3.09. The molecule has 0 unspecified atom stereocenters. The Morgan fingerprint density at radius 1 is 1.05 bits per heavy atom. The molecule has 0 spiro atoms. The molecule has 0 aliphatic heterocycles. The zero-order valence-corrected chi connectivity index (χ0v) is 10.1. The number of benzene rings is 1. The highest BCUT2D eigenvalue weighted by atomic mass is 16.6. The standard InChI is InChI=1S/C13H9N3O4/c17-12(9-5-2-1-3-6-9)15-13(18)11-10(16(19)20)7-4-8-14-11/h1-8H,(H,15,17,18). The normalized spacial score (nSPS) is 9.80. The van der Waals surface area contributed by atoms with E-state index in [9.17, 15) is 19.7 Å². The highest BCUT2D eigenvalue weighted by molar-refractivity contribution is 6.10. The van der Waals surface area contributed by atoms with E-state index >= 15 is 0 Å². The molecule has 2 amide bonds. The van der Waals surface area contributed by atoms with Crippen LogP contribution in [0.25, 0.3) is 0 Å². The van der Waals surface area contributed by atoms with E-state index in [1.54, 1.807) is 18.2 Å². The van der Waals surface area contributed by atoms with Gasteiger partial charge in [-0.2, -0.15) is 0 Å². The smallest absolute Gasteiger partial charge is 0.287 e. The Kier molecular flexibility index (Phi) is 3.80. The molecule has 7 heteroatoms. The van der Waals surface area contributed by atoms with Gasteiger partial charge in [0.1, 0.15) is 0 Å². The molecule has 0 aliphatic carbocycles. The summed E-state index contributed by atoms with van der Waals surface area (Å²) in [6.07, 6.45) is 1.24. The van der Waals surface area contributed by atoms with Crippen molar-refractivity contribution in [2.45, 2.75) is 0 Å². The largest absolute Gasteiger partial charge is 0.300 e. The van der Waals surface area contributed by atoms with E-state index in [0.717, 1.165) is 6.07 Å². The van der Waals surface area contributed by atoms with Crippen LogP contribution < -0.4 is 5.32 Å². The Bertz CT molecular complexity index is 670. The number of nitrogens with zero attached hydrogens (tertiary/aromatic N) is 2. The fraction of sp³-hybridized carbons (Fsp3) is 0. The molecular formula is C13H9N3O4. The van der Waals surface area contributed by atoms with Crippen molar-refractivity contribution in [2.24, 2.45) is 0 Å². The van der Waals surface area contributed by atoms with Gasteiger partial charge in [-0.1, -0.05) is 18.2 Å². The van der Waals surface area contributed by atoms with Crippen LogP contribution in [0.2, 0.25) is 0 Å². The van der Waals surface area contributed by atoms with Crippen LogP contribution in [0.3, 0.4) is 0 Å². The average molecular weight is 271 g/mol. The first-order chi connectivity index (χ1) is 9.59. The van der Waals surface area contributed by atoms with Gasteiger partial charge < -0.3 is 0 Å². The second-order valence-corrected chi connectivity index (χ2v) is 3.78. The maximum absolute atomic E-state index is 11.9. The van der Waals surface area contributed by atoms with Crippen LogP contribution >= 0.6 is 0 Å². The zero-order chi connectivity index (χ0) is 14.5. The summed E-state index contributed by atoms with van der Waals surface area (Å²) in [6.45, 7) is 0. The molecule has 2 aromatic rings. The lowest BCUT2D eigenvalue weighted by atomic mass is 10.2. The predicted molar refractivity (Wildman–Crippen MR) is 69.1 cm³/mol. The number of aromatic nitrogens is 1. The van der Waals surface area contributed by atoms with E-state index in [1.807, 2.05) is 0 Å². The third-order valence-corrected chi connectivity index (χ3v) is 2.46. The fourth-order valence-electron chi connectivity index (χ4n) is 1.54. The van der Waals surface area contributed by atoms with Crippen LogP contribution in [0.4, 0.5) is 5.69 Å². The number of hydrogen-bond acceptors (Lipinski definition) is 5. The molecular weight excluding hydrogens is 262 g/mol. The van der Waals surface area contributed by atoms with E-state index in [4.69, 9.17) is 0 Å². The molecule has 1 heterocycles. The molecule has 1 aromatic carbocycles. The van der Waals surface area contributed by atoms with Crippen LogP contribution in [0.1, 0.15) is 20.8 Å². The van der Waals surface area contributed by atoms with E-state index < -0.39 is 28.1 Å². The van der Waals surface area contributed by atoms with Gasteiger partial charge in [0, 0.05) is 17.8 Å². The molecule has 1 N–H and O–H groups in total. The molecule has 0 saturated heterocycles. The molecule has 0 atom stereocenters. The van der Waals surface area contributed by atoms with Gasteiger partial charge in [-0.3, -0.25) is 25.0 Å². The number of amides is 2. The number of hydrogen-bond donors (Lipinski definition) is 1. The minimum Gasteiger partial charge on any atom is -0.287 e. The van der Waals surface area contributed by atoms with E-state index in [-0.39, 0.29) is 5.56 Å². The Morgan fingerprint density at radius 2 is 1.75 bits per heavy atom. The van der Waals surface area contributed by atoms with Crippen LogP contribution in [0.15, 0.2) is 48.7 Å². The number of pyridine rings is 1. The van der Waals surface area contributed by atoms with Gasteiger partial charge in [0.15, 0.2) is 0 Å². The number of carbonyl (C=O) groups excluding carboxylic acids is 2. The minimum atomic E-state index is -0.911. The molecule has 7 nitrogen and oxygen atoms in total. The van der Waals surface area contributed by atoms with Crippen molar-refractivity contribution in [3.8, 4) is 0 Å². The minimum absolute atomic E-state index is 0.277. The highest BCUT2D eigenvalue weighted by Gasteiger charge is 2.22. The van der Waals surface area contributed by atoms with Crippen LogP contribution in [-0.4, -0.2) is 21.7 Å². The molecule has 20 heavy (non-hydrogen) atoms. The molecule has 0 aliphatic rings. The van der Waals surface area contributed by atoms with E-state index in [0.29, 0.717) is 0 Å². The van der Waals surface area contributed by atoms with Crippen LogP contribution in [0, 0.1) is 10.1 Å². The van der Waals surface area contributed by atoms with E-state index in [1.165, 1.54) is 24.4 Å². The first kappa shape index (κ1) is 13.3. The van der Waals surface area contributed by atoms with Gasteiger partial charge in [-0.05, 0) is 18.2 Å². The number of rotatable bonds is 3. The van der Waals surface area contributed by atoms with Crippen molar-refractivity contribution in [1.29, 1.82) is 0 Å². The lowest BCUT2D eigenvalue weighted by molar-refractivity contribution is -0.385. The quantitative estimate of drug-likeness (QED) is 0.518. The van der Waals surface area contributed by atoms with Crippen molar-refractivity contribution in [1.82, 2.24) is 10.3 Å². The number of nitro groups is 1. The van der Waals surface area contributed by atoms with Gasteiger partial charge in [-0.15, -0.1) is 0 Å². The zero-order valence-electron chi connectivity index (χ0n) is 10.1. The summed E-state index contributed by atoms with van der Waals surface area (Å²) in [5.41, 5.74) is -0.577. The summed E-state index contributed by atoms with van der Waals surface area (Å²) in [7, 11) is 0. The molecule has 100 valence electrons. The molecule has 0 saturated carbocycles. The van der Waals surface area contributed by atoms with Crippen LogP contribution in [-0.2, 0) is 0 Å². The summed E-state index contributed by atoms with van der Waals surface area (Å²) < 4.78 is 0. The fourth-order valence-corrected chi connectivity index (χ4v) is 1.54. The third-order valence-electron chi connectivity index (χ3n) is 2.46. The highest BCUT2D eigenvalue weighted by Crippen LogP contribution is 2.14. The van der Waals surface area contributed by atoms with Gasteiger partial charge in [0.2, 0.25) is 5.69 Å². The van der Waals surface area contributed by atoms with Crippen molar-refractivity contribution in [2.75, 3.05) is 0 Å². The molecule has 0 fully saturated rings. The van der Waals surface area contributed by atoms with Crippen molar-refractivity contribution in [3.05, 3.63) is 70.0 Å². The topological polar surface area (TPSA) is 102 Å². The van der Waals surface area contributed by atoms with Crippen molar-refractivity contribution >= 4 is 17.5 Å². The third kappa shape index (κ3) is 2.83. The average Bonchev–Trinajstić information content (AvgIpc) is 2.48. The van der Waals surface area contributed by atoms with Crippen LogP contribution in [0.5, 0.6) is 0 Å². The Balaban J connectivity index is 2.21. The van der Waals surface area contributed by atoms with Gasteiger partial charge in [0.05, 0.1) is 4.92 Å². The van der Waals surface area contributed by atoms with Gasteiger partial charge in [-0.25, -0.2) is 4.98 Å². The molecule has 0 radical (unpaired) electrons. The number of imide groups is 1. The van der Waals surface area contributed by atoms with Gasteiger partial charge >= 0.3 is 5.69 Å². The Labute approximate surface area is 113 Å². The predicted octanol–water partition coefficient (Wildman–Crippen LogP) is 1.56. The molecule has 0 bridgehead atoms. The monoisotopic (exact) mass is 271 g/mol. The summed E-state index contributed by atoms with van der Waals surface area (Å²) in [5.74, 6) is -1.55. The maximum Gasteiger partial charge on any atom is 0.300 e. The summed E-state index contributed by atoms with van der Waals surface area (Å²) in [5, 5.41) is 12.8. The summed E-state index contributed by atoms with van der Waals surface area (Å²) in [6, 6.07) is 10.5. The first-order valence-electron chi connectivity index (χ1n) is 5.59. The lowest BCUT2D eigenvalue weighted by Crippen LogP contribution is -2.31.